The highest BCUT2D eigenvalue weighted by Crippen LogP contribution is 2.43. The fraction of sp³-hybridized carbons (Fsp3) is 0.783. The Morgan fingerprint density at radius 2 is 1.62 bits per heavy atom. The van der Waals surface area contributed by atoms with Crippen LogP contribution in [0.3, 0.4) is 0 Å². The summed E-state index contributed by atoms with van der Waals surface area (Å²) in [6.45, 7) is 25.3. The van der Waals surface area contributed by atoms with Crippen molar-refractivity contribution in [2.75, 3.05) is 6.61 Å². The molecule has 7 nitrogen and oxygen atoms in total. The predicted octanol–water partition coefficient (Wildman–Crippen LogP) is 5.83. The van der Waals surface area contributed by atoms with Gasteiger partial charge in [-0.2, -0.15) is 0 Å². The zero-order chi connectivity index (χ0) is 24.1. The molecular weight excluding hydrogens is 436 g/mol. The van der Waals surface area contributed by atoms with Gasteiger partial charge in [0.2, 0.25) is 0 Å². The van der Waals surface area contributed by atoms with Gasteiger partial charge >= 0.3 is 0 Å². The van der Waals surface area contributed by atoms with Crippen molar-refractivity contribution in [3.63, 3.8) is 0 Å². The second-order valence-electron chi connectivity index (χ2n) is 12.2. The molecule has 180 valence electrons. The topological polar surface area (TPSA) is 71.3 Å². The highest BCUT2D eigenvalue weighted by atomic mass is 28.4. The van der Waals surface area contributed by atoms with Crippen LogP contribution < -0.4 is 0 Å². The van der Waals surface area contributed by atoms with Crippen LogP contribution in [0.2, 0.25) is 36.3 Å². The molecule has 0 N–H and O–H groups in total. The molecular formula is C23H42N4O3Si2. The minimum absolute atomic E-state index is 0.0238. The first kappa shape index (κ1) is 25.5. The van der Waals surface area contributed by atoms with Crippen molar-refractivity contribution in [3.05, 3.63) is 18.3 Å². The molecule has 1 saturated heterocycles. The second-order valence-corrected chi connectivity index (χ2v) is 21.7. The van der Waals surface area contributed by atoms with E-state index >= 15 is 0 Å². The van der Waals surface area contributed by atoms with Gasteiger partial charge in [-0.1, -0.05) is 41.5 Å². The maximum absolute atomic E-state index is 6.89. The number of aromatic nitrogens is 4. The smallest absolute Gasteiger partial charge is 0.192 e. The Hall–Kier alpha value is -1.14. The van der Waals surface area contributed by atoms with Crippen molar-refractivity contribution in [1.29, 1.82) is 0 Å². The summed E-state index contributed by atoms with van der Waals surface area (Å²) < 4.78 is 22.0. The van der Waals surface area contributed by atoms with Crippen LogP contribution in [0.5, 0.6) is 0 Å². The number of hydrogen-bond donors (Lipinski definition) is 0. The summed E-state index contributed by atoms with van der Waals surface area (Å²) in [6.07, 6.45) is 3.83. The molecule has 0 aromatic carbocycles. The summed E-state index contributed by atoms with van der Waals surface area (Å²) in [6, 6.07) is 0. The first-order chi connectivity index (χ1) is 14.5. The van der Waals surface area contributed by atoms with Gasteiger partial charge in [-0.25, -0.2) is 15.0 Å². The van der Waals surface area contributed by atoms with E-state index < -0.39 is 16.6 Å². The summed E-state index contributed by atoms with van der Waals surface area (Å²) in [7, 11) is -3.86. The second kappa shape index (κ2) is 8.58. The van der Waals surface area contributed by atoms with Crippen molar-refractivity contribution in [3.8, 4) is 0 Å². The number of fused-ring (bicyclic) bond motifs is 1. The largest absolute Gasteiger partial charge is 0.414 e. The molecule has 3 heterocycles. The molecule has 1 aliphatic heterocycles. The van der Waals surface area contributed by atoms with Crippen molar-refractivity contribution >= 4 is 27.8 Å². The average molecular weight is 479 g/mol. The molecule has 9 heteroatoms. The number of ether oxygens (including phenoxy) is 1. The van der Waals surface area contributed by atoms with E-state index in [1.165, 1.54) is 0 Å². The maximum atomic E-state index is 6.89. The molecule has 2 aromatic heterocycles. The summed E-state index contributed by atoms with van der Waals surface area (Å²) in [5.74, 6) is 0. The Morgan fingerprint density at radius 3 is 2.22 bits per heavy atom. The zero-order valence-electron chi connectivity index (χ0n) is 21.8. The minimum atomic E-state index is -2.00. The third-order valence-electron chi connectivity index (χ3n) is 7.65. The van der Waals surface area contributed by atoms with Crippen LogP contribution >= 0.6 is 0 Å². The van der Waals surface area contributed by atoms with E-state index in [0.29, 0.717) is 6.61 Å². The van der Waals surface area contributed by atoms with E-state index in [1.54, 1.807) is 6.33 Å². The normalized spacial score (nSPS) is 23.3. The fourth-order valence-electron chi connectivity index (χ4n) is 3.40. The molecule has 0 spiro atoms. The Morgan fingerprint density at radius 1 is 1.00 bits per heavy atom. The molecule has 32 heavy (non-hydrogen) atoms. The lowest BCUT2D eigenvalue weighted by molar-refractivity contribution is -0.0443. The van der Waals surface area contributed by atoms with Crippen molar-refractivity contribution in [2.45, 2.75) is 110 Å². The number of rotatable bonds is 6. The Kier molecular flexibility index (Phi) is 6.83. The van der Waals surface area contributed by atoms with Crippen LogP contribution in [0.15, 0.2) is 12.7 Å². The van der Waals surface area contributed by atoms with E-state index in [1.807, 2.05) is 17.8 Å². The van der Waals surface area contributed by atoms with Crippen LogP contribution in [0.25, 0.3) is 11.2 Å². The summed E-state index contributed by atoms with van der Waals surface area (Å²) in [5.41, 5.74) is 2.46. The van der Waals surface area contributed by atoms with Gasteiger partial charge in [-0.05, 0) is 43.2 Å². The molecule has 0 aliphatic carbocycles. The van der Waals surface area contributed by atoms with Crippen LogP contribution in [0, 0.1) is 6.92 Å². The van der Waals surface area contributed by atoms with Crippen LogP contribution in [-0.4, -0.2) is 55.0 Å². The van der Waals surface area contributed by atoms with E-state index in [4.69, 9.17) is 13.6 Å². The zero-order valence-corrected chi connectivity index (χ0v) is 23.8. The number of nitrogens with zero attached hydrogens (tertiary/aromatic N) is 4. The monoisotopic (exact) mass is 478 g/mol. The molecule has 0 saturated carbocycles. The molecule has 3 atom stereocenters. The van der Waals surface area contributed by atoms with Gasteiger partial charge in [-0.15, -0.1) is 0 Å². The molecule has 2 aromatic rings. The molecule has 0 amide bonds. The quantitative estimate of drug-likeness (QED) is 0.486. The molecule has 1 aliphatic rings. The molecule has 1 fully saturated rings. The van der Waals surface area contributed by atoms with Crippen molar-refractivity contribution in [1.82, 2.24) is 19.5 Å². The standard InChI is InChI=1S/C23H42N4O3Si2/c1-16-19-20(25-14-24-16)27(15-26-19)21-18(30-32(10,11)23(5,6)7)12-17(29-21)13-28-31(8,9)22(2,3)4/h14-15,17-18,21H,12-13H2,1-11H3. The van der Waals surface area contributed by atoms with Gasteiger partial charge < -0.3 is 13.6 Å². The Balaban J connectivity index is 1.89. The summed E-state index contributed by atoms with van der Waals surface area (Å²) in [4.78, 5) is 13.4. The lowest BCUT2D eigenvalue weighted by Crippen LogP contribution is -2.45. The van der Waals surface area contributed by atoms with Crippen molar-refractivity contribution in [2.24, 2.45) is 0 Å². The van der Waals surface area contributed by atoms with Crippen LogP contribution in [0.1, 0.15) is 59.9 Å². The first-order valence-electron chi connectivity index (χ1n) is 11.6. The Bertz CT molecular complexity index is 947. The summed E-state index contributed by atoms with van der Waals surface area (Å²) >= 11 is 0. The van der Waals surface area contributed by atoms with Gasteiger partial charge in [0.25, 0.3) is 0 Å². The lowest BCUT2D eigenvalue weighted by atomic mass is 10.2. The number of imidazole rings is 1. The molecule has 3 rings (SSSR count). The van der Waals surface area contributed by atoms with Gasteiger partial charge in [0.05, 0.1) is 30.8 Å². The van der Waals surface area contributed by atoms with Gasteiger partial charge in [-0.3, -0.25) is 4.57 Å². The van der Waals surface area contributed by atoms with E-state index in [-0.39, 0.29) is 28.5 Å². The third kappa shape index (κ3) is 5.01. The first-order valence-corrected chi connectivity index (χ1v) is 17.5. The maximum Gasteiger partial charge on any atom is 0.192 e. The SMILES string of the molecule is Cc1ncnc2c1ncn2C1OC(CO[Si](C)(C)C(C)(C)C)CC1O[Si](C)(C)C(C)(C)C. The predicted molar refractivity (Wildman–Crippen MR) is 134 cm³/mol. The highest BCUT2D eigenvalue weighted by Gasteiger charge is 2.46. The average Bonchev–Trinajstić information content (AvgIpc) is 3.22. The van der Waals surface area contributed by atoms with Gasteiger partial charge in [0.15, 0.2) is 28.5 Å². The van der Waals surface area contributed by atoms with E-state index in [0.717, 1.165) is 23.3 Å². The van der Waals surface area contributed by atoms with E-state index in [2.05, 4.69) is 82.7 Å². The van der Waals surface area contributed by atoms with Gasteiger partial charge in [0, 0.05) is 6.42 Å². The molecule has 0 radical (unpaired) electrons. The third-order valence-corrected chi connectivity index (χ3v) is 16.7. The van der Waals surface area contributed by atoms with Crippen molar-refractivity contribution < 1.29 is 13.6 Å². The Labute approximate surface area is 195 Å². The van der Waals surface area contributed by atoms with Gasteiger partial charge in [0.1, 0.15) is 11.8 Å². The number of aryl methyl sites for hydroxylation is 1. The number of hydrogen-bond acceptors (Lipinski definition) is 6. The minimum Gasteiger partial charge on any atom is -0.414 e. The molecule has 0 bridgehead atoms. The lowest BCUT2D eigenvalue weighted by Gasteiger charge is -2.39. The van der Waals surface area contributed by atoms with E-state index in [9.17, 15) is 0 Å². The fourth-order valence-corrected chi connectivity index (χ4v) is 5.76. The van der Waals surface area contributed by atoms with Crippen LogP contribution in [-0.2, 0) is 13.6 Å². The molecule has 3 unspecified atom stereocenters. The highest BCUT2D eigenvalue weighted by molar-refractivity contribution is 6.74. The van der Waals surface area contributed by atoms with Crippen LogP contribution in [0.4, 0.5) is 0 Å². The summed E-state index contributed by atoms with van der Waals surface area (Å²) in [5, 5.41) is 0.278.